The van der Waals surface area contributed by atoms with Crippen molar-refractivity contribution in [2.75, 3.05) is 26.4 Å². The quantitative estimate of drug-likeness (QED) is 0.0262. The number of ether oxygens (including phenoxy) is 8. The Morgan fingerprint density at radius 2 is 0.757 bits per heavy atom. The fraction of sp³-hybridized carbons (Fsp3) is 0.593. The fourth-order valence-electron chi connectivity index (χ4n) is 9.62. The number of fused-ring (bicyclic) bond motifs is 1. The van der Waals surface area contributed by atoms with Crippen LogP contribution in [0.15, 0.2) is 57.0 Å². The maximum absolute atomic E-state index is 13.6. The van der Waals surface area contributed by atoms with E-state index in [1.807, 2.05) is 12.1 Å². The third-order valence-corrected chi connectivity index (χ3v) is 16.7. The number of hydrogen-bond acceptors (Lipinski definition) is 20. The number of unbranched alkanes of at least 4 members (excludes halogenated alkanes) is 2. The standard InChI is InChI=1S/C54H64N2O16S2/c1-3-44(57)65-27-5-7-29-67-48(59)33-9-13-35(14-10-33)50(61)69-40-21-17-37(18-22-40)52(63)71-42-25-26-43(47-46(42)73-54(74-47)39(31-55)32-56)72-53(64)38-19-23-41(24-20-38)70-51(62)36-15-11-34(12-16-36)49(60)68-30-8-6-28-66-45(58)4-2/h3-4,25-26,33-38,40-41H,1-2,5-24,27-30H2/t33-,34-,35-,36-,37-,38-,40-,41-. The van der Waals surface area contributed by atoms with Crippen LogP contribution >= 0.6 is 23.5 Å². The summed E-state index contributed by atoms with van der Waals surface area (Å²) in [6.45, 7) is 7.58. The van der Waals surface area contributed by atoms with Crippen LogP contribution in [0.1, 0.15) is 128 Å². The predicted octanol–water partition coefficient (Wildman–Crippen LogP) is 8.88. The molecule has 0 unspecified atom stereocenters. The van der Waals surface area contributed by atoms with Gasteiger partial charge in [-0.1, -0.05) is 36.7 Å². The zero-order valence-corrected chi connectivity index (χ0v) is 43.2. The molecule has 4 fully saturated rings. The Bertz CT molecular complexity index is 2200. The number of benzene rings is 1. The lowest BCUT2D eigenvalue weighted by Gasteiger charge is -2.30. The van der Waals surface area contributed by atoms with Crippen molar-refractivity contribution in [1.82, 2.24) is 0 Å². The maximum atomic E-state index is 13.6. The lowest BCUT2D eigenvalue weighted by Crippen LogP contribution is -2.33. The van der Waals surface area contributed by atoms with E-state index in [0.29, 0.717) is 142 Å². The molecule has 0 amide bonds. The first kappa shape index (κ1) is 57.2. The monoisotopic (exact) mass is 1060 g/mol. The minimum absolute atomic E-state index is 0.138. The second kappa shape index (κ2) is 29.1. The van der Waals surface area contributed by atoms with Crippen LogP contribution in [0.5, 0.6) is 11.5 Å². The van der Waals surface area contributed by atoms with Gasteiger partial charge in [-0.05, 0) is 141 Å². The number of hydrogen-bond donors (Lipinski definition) is 0. The Labute approximate surface area is 439 Å². The van der Waals surface area contributed by atoms with Gasteiger partial charge >= 0.3 is 47.8 Å². The fourth-order valence-corrected chi connectivity index (χ4v) is 12.1. The van der Waals surface area contributed by atoms with Gasteiger partial charge in [0.1, 0.15) is 41.4 Å². The third-order valence-electron chi connectivity index (χ3n) is 14.0. The van der Waals surface area contributed by atoms with Crippen molar-refractivity contribution in [3.63, 3.8) is 0 Å². The van der Waals surface area contributed by atoms with Crippen molar-refractivity contribution in [2.24, 2.45) is 35.5 Å². The predicted molar refractivity (Wildman–Crippen MR) is 265 cm³/mol. The molecule has 0 N–H and O–H groups in total. The van der Waals surface area contributed by atoms with Crippen LogP contribution in [0.4, 0.5) is 0 Å². The van der Waals surface area contributed by atoms with E-state index in [9.17, 15) is 48.9 Å². The molecule has 4 aliphatic carbocycles. The highest BCUT2D eigenvalue weighted by atomic mass is 32.2. The first-order valence-electron chi connectivity index (χ1n) is 25.6. The highest BCUT2D eigenvalue weighted by Gasteiger charge is 2.38. The van der Waals surface area contributed by atoms with Gasteiger partial charge in [0.05, 0.1) is 76.0 Å². The summed E-state index contributed by atoms with van der Waals surface area (Å²) in [5.41, 5.74) is -0.138. The largest absolute Gasteiger partial charge is 0.465 e. The summed E-state index contributed by atoms with van der Waals surface area (Å²) in [5.74, 6) is -4.94. The smallest absolute Gasteiger partial charge is 0.330 e. The summed E-state index contributed by atoms with van der Waals surface area (Å²) in [7, 11) is 0. The summed E-state index contributed by atoms with van der Waals surface area (Å²) < 4.78 is 44.7. The number of rotatable bonds is 22. The Hall–Kier alpha value is -6.12. The molecule has 1 aromatic carbocycles. The van der Waals surface area contributed by atoms with Gasteiger partial charge in [-0.3, -0.25) is 28.8 Å². The first-order chi connectivity index (χ1) is 35.8. The van der Waals surface area contributed by atoms with Crippen molar-refractivity contribution in [2.45, 2.75) is 150 Å². The average molecular weight is 1060 g/mol. The van der Waals surface area contributed by atoms with Crippen molar-refractivity contribution < 1.29 is 76.3 Å². The molecule has 0 spiro atoms. The Morgan fingerprint density at radius 3 is 1.08 bits per heavy atom. The molecule has 6 rings (SSSR count). The van der Waals surface area contributed by atoms with E-state index in [1.165, 1.54) is 12.1 Å². The maximum Gasteiger partial charge on any atom is 0.330 e. The Kier molecular flexibility index (Phi) is 22.5. The number of esters is 8. The normalized spacial score (nSPS) is 24.2. The SMILES string of the molecule is C=CC(=O)OCCCCOC(=O)[C@H]1CC[C@H](C(=O)O[C@H]2CC[C@H](C(=O)Oc3ccc(OC(=O)[C@H]4CC[C@H](OC(=O)[C@H]5CC[C@H](C(=O)OCCCCOC(=O)C=C)CC5)CC4)c4c3SC(=C(C#N)C#N)S4)CC2)CC1. The molecule has 0 saturated heterocycles. The lowest BCUT2D eigenvalue weighted by atomic mass is 9.82. The molecule has 18 nitrogen and oxygen atoms in total. The number of carbonyl (C=O) groups is 8. The van der Waals surface area contributed by atoms with Crippen molar-refractivity contribution in [3.8, 4) is 23.6 Å². The molecule has 0 bridgehead atoms. The molecular formula is C54H64N2O16S2. The number of nitrogens with zero attached hydrogens (tertiary/aromatic N) is 2. The zero-order valence-electron chi connectivity index (χ0n) is 41.6. The van der Waals surface area contributed by atoms with Gasteiger partial charge in [0.15, 0.2) is 0 Å². The van der Waals surface area contributed by atoms with Gasteiger partial charge in [0.25, 0.3) is 0 Å². The average Bonchev–Trinajstić information content (AvgIpc) is 3.87. The third kappa shape index (κ3) is 16.7. The second-order valence-electron chi connectivity index (χ2n) is 19.1. The summed E-state index contributed by atoms with van der Waals surface area (Å²) >= 11 is 2.17. The molecule has 1 aromatic rings. The summed E-state index contributed by atoms with van der Waals surface area (Å²) in [5, 5.41) is 19.3. The highest BCUT2D eigenvalue weighted by Crippen LogP contribution is 2.59. The van der Waals surface area contributed by atoms with Crippen LogP contribution in [0.25, 0.3) is 0 Å². The minimum atomic E-state index is -0.496. The highest BCUT2D eigenvalue weighted by molar-refractivity contribution is 8.24. The van der Waals surface area contributed by atoms with Gasteiger partial charge < -0.3 is 37.9 Å². The van der Waals surface area contributed by atoms with Gasteiger partial charge in [-0.25, -0.2) is 9.59 Å². The number of allylic oxidation sites excluding steroid dienone is 1. The molecule has 0 aromatic heterocycles. The molecular weight excluding hydrogens is 997 g/mol. The molecule has 1 heterocycles. The van der Waals surface area contributed by atoms with Crippen molar-refractivity contribution in [3.05, 3.63) is 47.3 Å². The summed E-state index contributed by atoms with van der Waals surface area (Å²) in [6.07, 6.45) is 11.3. The minimum Gasteiger partial charge on any atom is -0.465 e. The van der Waals surface area contributed by atoms with E-state index in [1.54, 1.807) is 0 Å². The Balaban J connectivity index is 0.911. The van der Waals surface area contributed by atoms with Crippen LogP contribution in [0.2, 0.25) is 0 Å². The van der Waals surface area contributed by atoms with E-state index in [-0.39, 0.29) is 103 Å². The molecule has 0 radical (unpaired) electrons. The van der Waals surface area contributed by atoms with E-state index < -0.39 is 35.7 Å². The summed E-state index contributed by atoms with van der Waals surface area (Å²) in [4.78, 5) is 102. The van der Waals surface area contributed by atoms with Gasteiger partial charge in [0, 0.05) is 12.2 Å². The zero-order chi connectivity index (χ0) is 53.0. The number of thioether (sulfide) groups is 2. The molecule has 4 saturated carbocycles. The van der Waals surface area contributed by atoms with Crippen LogP contribution in [0, 0.1) is 58.2 Å². The van der Waals surface area contributed by atoms with Crippen molar-refractivity contribution >= 4 is 71.3 Å². The van der Waals surface area contributed by atoms with Crippen molar-refractivity contribution in [1.29, 1.82) is 10.5 Å². The molecule has 5 aliphatic rings. The van der Waals surface area contributed by atoms with Crippen LogP contribution in [-0.2, 0) is 66.8 Å². The molecule has 1 aliphatic heterocycles. The molecule has 0 atom stereocenters. The number of carbonyl (C=O) groups excluding carboxylic acids is 8. The topological polar surface area (TPSA) is 258 Å². The first-order valence-corrected chi connectivity index (χ1v) is 27.3. The number of nitriles is 2. The van der Waals surface area contributed by atoms with Gasteiger partial charge in [-0.2, -0.15) is 10.5 Å². The van der Waals surface area contributed by atoms with Crippen LogP contribution < -0.4 is 9.47 Å². The van der Waals surface area contributed by atoms with E-state index in [2.05, 4.69) is 13.2 Å². The van der Waals surface area contributed by atoms with Gasteiger partial charge in [0.2, 0.25) is 0 Å². The second-order valence-corrected chi connectivity index (χ2v) is 21.4. The molecule has 20 heteroatoms. The van der Waals surface area contributed by atoms with Gasteiger partial charge in [-0.15, -0.1) is 0 Å². The van der Waals surface area contributed by atoms with E-state index >= 15 is 0 Å². The molecule has 74 heavy (non-hydrogen) atoms. The Morgan fingerprint density at radius 1 is 0.459 bits per heavy atom. The van der Waals surface area contributed by atoms with E-state index in [0.717, 1.165) is 35.7 Å². The summed E-state index contributed by atoms with van der Waals surface area (Å²) in [6, 6.07) is 6.86. The molecule has 398 valence electrons. The lowest BCUT2D eigenvalue weighted by molar-refractivity contribution is -0.161. The van der Waals surface area contributed by atoms with Crippen LogP contribution in [0.3, 0.4) is 0 Å². The van der Waals surface area contributed by atoms with Crippen LogP contribution in [-0.4, -0.2) is 86.4 Å². The van der Waals surface area contributed by atoms with E-state index in [4.69, 9.17) is 37.9 Å².